The summed E-state index contributed by atoms with van der Waals surface area (Å²) in [5.74, 6) is 0.826. The molecule has 0 bridgehead atoms. The van der Waals surface area contributed by atoms with Crippen LogP contribution in [0.4, 0.5) is 4.79 Å². The molecule has 1 saturated heterocycles. The summed E-state index contributed by atoms with van der Waals surface area (Å²) in [6, 6.07) is 31.3. The van der Waals surface area contributed by atoms with E-state index >= 15 is 0 Å². The Morgan fingerprint density at radius 3 is 1.81 bits per heavy atom. The Morgan fingerprint density at radius 2 is 1.35 bits per heavy atom. The van der Waals surface area contributed by atoms with Gasteiger partial charge in [-0.3, -0.25) is 4.90 Å². The highest BCUT2D eigenvalue weighted by atomic mass is 79.9. The summed E-state index contributed by atoms with van der Waals surface area (Å²) in [5.41, 5.74) is 2.02. The molecule has 0 N–H and O–H groups in total. The number of aromatic nitrogens is 2. The Hall–Kier alpha value is -3.38. The lowest BCUT2D eigenvalue weighted by Gasteiger charge is -2.40. The Balaban J connectivity index is 1.78. The molecule has 2 heterocycles. The average molecular weight is 559 g/mol. The van der Waals surface area contributed by atoms with Crippen molar-refractivity contribution in [2.24, 2.45) is 0 Å². The standard InChI is InChI=1S/C31H32BrN3O2/c1-30(2,3)37-29(36)34-21-13-20-26(34)28-33-22-27(32)35(28)31(23-14-7-4-8-15-23,24-16-9-5-10-17-24)25-18-11-6-12-19-25/h4-12,14-19,22,26H,13,20-21H2,1-3H3/t26-/m0/s1. The molecule has 0 saturated carbocycles. The van der Waals surface area contributed by atoms with Gasteiger partial charge in [-0.25, -0.2) is 9.78 Å². The maximum atomic E-state index is 13.3. The maximum Gasteiger partial charge on any atom is 0.410 e. The van der Waals surface area contributed by atoms with Crippen molar-refractivity contribution >= 4 is 22.0 Å². The Bertz CT molecular complexity index is 1250. The van der Waals surface area contributed by atoms with Crippen LogP contribution in [-0.4, -0.2) is 32.7 Å². The van der Waals surface area contributed by atoms with E-state index in [9.17, 15) is 4.79 Å². The van der Waals surface area contributed by atoms with Crippen LogP contribution in [0.3, 0.4) is 0 Å². The van der Waals surface area contributed by atoms with Gasteiger partial charge < -0.3 is 9.30 Å². The highest BCUT2D eigenvalue weighted by Crippen LogP contribution is 2.46. The lowest BCUT2D eigenvalue weighted by Crippen LogP contribution is -2.42. The number of amides is 1. The molecule has 5 nitrogen and oxygen atoms in total. The zero-order valence-corrected chi connectivity index (χ0v) is 23.1. The molecular formula is C31H32BrN3O2. The zero-order chi connectivity index (χ0) is 26.0. The molecule has 6 heteroatoms. The largest absolute Gasteiger partial charge is 0.444 e. The van der Waals surface area contributed by atoms with Gasteiger partial charge in [0.15, 0.2) is 0 Å². The second-order valence-electron chi connectivity index (χ2n) is 10.4. The number of hydrogen-bond acceptors (Lipinski definition) is 3. The zero-order valence-electron chi connectivity index (χ0n) is 21.5. The van der Waals surface area contributed by atoms with E-state index in [2.05, 4.69) is 93.3 Å². The van der Waals surface area contributed by atoms with Crippen molar-refractivity contribution in [3.8, 4) is 0 Å². The second kappa shape index (κ2) is 10.2. The first-order chi connectivity index (χ1) is 17.8. The van der Waals surface area contributed by atoms with Crippen molar-refractivity contribution in [1.29, 1.82) is 0 Å². The van der Waals surface area contributed by atoms with Crippen LogP contribution in [0.25, 0.3) is 0 Å². The third-order valence-corrected chi connectivity index (χ3v) is 7.39. The first-order valence-corrected chi connectivity index (χ1v) is 13.5. The molecule has 1 aliphatic rings. The minimum absolute atomic E-state index is 0.211. The molecule has 37 heavy (non-hydrogen) atoms. The molecule has 4 aromatic rings. The molecule has 0 aliphatic carbocycles. The van der Waals surface area contributed by atoms with Crippen molar-refractivity contribution < 1.29 is 9.53 Å². The number of ether oxygens (including phenoxy) is 1. The molecular weight excluding hydrogens is 526 g/mol. The molecule has 3 aromatic carbocycles. The third-order valence-electron chi connectivity index (χ3n) is 6.84. The summed E-state index contributed by atoms with van der Waals surface area (Å²) in [6.45, 7) is 6.34. The van der Waals surface area contributed by atoms with E-state index in [1.165, 1.54) is 0 Å². The number of hydrogen-bond donors (Lipinski definition) is 0. The van der Waals surface area contributed by atoms with Crippen LogP contribution in [-0.2, 0) is 10.3 Å². The van der Waals surface area contributed by atoms with E-state index in [0.29, 0.717) is 6.54 Å². The SMILES string of the molecule is CC(C)(C)OC(=O)N1CCC[C@H]1c1ncc(Br)n1C(c1ccccc1)(c1ccccc1)c1ccccc1. The lowest BCUT2D eigenvalue weighted by atomic mass is 9.76. The van der Waals surface area contributed by atoms with Gasteiger partial charge in [0.1, 0.15) is 21.6 Å². The van der Waals surface area contributed by atoms with Gasteiger partial charge in [0, 0.05) is 6.54 Å². The Morgan fingerprint density at radius 1 is 0.865 bits per heavy atom. The minimum atomic E-state index is -0.726. The quantitative estimate of drug-likeness (QED) is 0.238. The molecule has 1 aliphatic heterocycles. The van der Waals surface area contributed by atoms with Gasteiger partial charge in [-0.15, -0.1) is 0 Å². The number of carbonyl (C=O) groups excluding carboxylic acids is 1. The van der Waals surface area contributed by atoms with Gasteiger partial charge in [0.05, 0.1) is 12.2 Å². The predicted octanol–water partition coefficient (Wildman–Crippen LogP) is 7.56. The van der Waals surface area contributed by atoms with Crippen LogP contribution >= 0.6 is 15.9 Å². The topological polar surface area (TPSA) is 47.4 Å². The van der Waals surface area contributed by atoms with Gasteiger partial charge >= 0.3 is 6.09 Å². The van der Waals surface area contributed by atoms with Gasteiger partial charge in [0.2, 0.25) is 0 Å². The number of halogens is 1. The molecule has 190 valence electrons. The molecule has 5 rings (SSSR count). The predicted molar refractivity (Wildman–Crippen MR) is 149 cm³/mol. The molecule has 0 spiro atoms. The fourth-order valence-corrected chi connectivity index (χ4v) is 5.96. The number of benzene rings is 3. The van der Waals surface area contributed by atoms with Crippen molar-refractivity contribution in [3.63, 3.8) is 0 Å². The van der Waals surface area contributed by atoms with Crippen molar-refractivity contribution in [2.45, 2.75) is 50.8 Å². The van der Waals surface area contributed by atoms with Crippen LogP contribution in [0.15, 0.2) is 102 Å². The van der Waals surface area contributed by atoms with Crippen LogP contribution in [0.2, 0.25) is 0 Å². The number of likely N-dealkylation sites (tertiary alicyclic amines) is 1. The van der Waals surface area contributed by atoms with E-state index in [-0.39, 0.29) is 12.1 Å². The van der Waals surface area contributed by atoms with E-state index < -0.39 is 11.1 Å². The molecule has 1 amide bonds. The highest BCUT2D eigenvalue weighted by molar-refractivity contribution is 9.10. The Kier molecular flexibility index (Phi) is 6.95. The molecule has 1 aromatic heterocycles. The van der Waals surface area contributed by atoms with E-state index in [1.54, 1.807) is 0 Å². The Labute approximate surface area is 227 Å². The first-order valence-electron chi connectivity index (χ1n) is 12.7. The summed E-state index contributed by atoms with van der Waals surface area (Å²) in [7, 11) is 0. The first kappa shape index (κ1) is 25.3. The summed E-state index contributed by atoms with van der Waals surface area (Å²) in [4.78, 5) is 20.0. The van der Waals surface area contributed by atoms with Crippen molar-refractivity contribution in [3.05, 3.63) is 124 Å². The lowest BCUT2D eigenvalue weighted by molar-refractivity contribution is 0.0214. The van der Waals surface area contributed by atoms with E-state index in [4.69, 9.17) is 9.72 Å². The molecule has 0 unspecified atom stereocenters. The normalized spacial score (nSPS) is 16.1. The number of nitrogens with zero attached hydrogens (tertiary/aromatic N) is 3. The van der Waals surface area contributed by atoms with E-state index in [0.717, 1.165) is 40.0 Å². The van der Waals surface area contributed by atoms with Crippen molar-refractivity contribution in [1.82, 2.24) is 14.5 Å². The van der Waals surface area contributed by atoms with Crippen LogP contribution in [0.1, 0.15) is 62.2 Å². The van der Waals surface area contributed by atoms with E-state index in [1.807, 2.05) is 50.1 Å². The van der Waals surface area contributed by atoms with Gasteiger partial charge in [-0.2, -0.15) is 0 Å². The molecule has 1 fully saturated rings. The summed E-state index contributed by atoms with van der Waals surface area (Å²) >= 11 is 3.86. The smallest absolute Gasteiger partial charge is 0.410 e. The highest BCUT2D eigenvalue weighted by Gasteiger charge is 2.44. The fourth-order valence-electron chi connectivity index (χ4n) is 5.41. The summed E-state index contributed by atoms with van der Waals surface area (Å²) < 4.78 is 8.90. The average Bonchev–Trinajstić information content (AvgIpc) is 3.53. The van der Waals surface area contributed by atoms with Gasteiger partial charge in [0.25, 0.3) is 0 Å². The minimum Gasteiger partial charge on any atom is -0.444 e. The van der Waals surface area contributed by atoms with Gasteiger partial charge in [-0.05, 0) is 66.2 Å². The number of rotatable bonds is 5. The van der Waals surface area contributed by atoms with Crippen LogP contribution in [0.5, 0.6) is 0 Å². The third kappa shape index (κ3) is 4.71. The van der Waals surface area contributed by atoms with Gasteiger partial charge in [-0.1, -0.05) is 91.0 Å². The molecule has 0 radical (unpaired) electrons. The molecule has 1 atom stereocenters. The summed E-state index contributed by atoms with van der Waals surface area (Å²) in [5, 5.41) is 0. The fraction of sp³-hybridized carbons (Fsp3) is 0.290. The second-order valence-corrected chi connectivity index (χ2v) is 11.2. The maximum absolute atomic E-state index is 13.3. The monoisotopic (exact) mass is 557 g/mol. The van der Waals surface area contributed by atoms with Crippen LogP contribution < -0.4 is 0 Å². The summed E-state index contributed by atoms with van der Waals surface area (Å²) in [6.07, 6.45) is 3.26. The number of carbonyl (C=O) groups is 1. The van der Waals surface area contributed by atoms with Crippen molar-refractivity contribution in [2.75, 3.05) is 6.54 Å². The van der Waals surface area contributed by atoms with Crippen LogP contribution in [0, 0.1) is 0 Å². The number of imidazole rings is 1.